The van der Waals surface area contributed by atoms with Gasteiger partial charge in [-0.25, -0.2) is 0 Å². The van der Waals surface area contributed by atoms with Crippen molar-refractivity contribution in [2.45, 2.75) is 32.7 Å². The first-order valence-corrected chi connectivity index (χ1v) is 3.33. The minimum absolute atomic E-state index is 0.0449. The second-order valence-corrected chi connectivity index (χ2v) is 2.38. The van der Waals surface area contributed by atoms with Gasteiger partial charge in [0.15, 0.2) is 0 Å². The van der Waals surface area contributed by atoms with Crippen molar-refractivity contribution < 1.29 is 4.79 Å². The van der Waals surface area contributed by atoms with Crippen LogP contribution in [-0.4, -0.2) is 11.9 Å². The summed E-state index contributed by atoms with van der Waals surface area (Å²) in [5, 5.41) is 10.8. The van der Waals surface area contributed by atoms with E-state index in [1.807, 2.05) is 19.9 Å². The van der Waals surface area contributed by atoms with E-state index in [4.69, 9.17) is 5.26 Å². The number of amides is 1. The van der Waals surface area contributed by atoms with Gasteiger partial charge in [-0.2, -0.15) is 5.26 Å². The number of nitrogens with zero attached hydrogens (tertiary/aromatic N) is 1. The van der Waals surface area contributed by atoms with Crippen LogP contribution in [0.1, 0.15) is 26.7 Å². The Morgan fingerprint density at radius 2 is 2.30 bits per heavy atom. The smallest absolute Gasteiger partial charge is 0.221 e. The lowest BCUT2D eigenvalue weighted by atomic mass is 10.3. The van der Waals surface area contributed by atoms with Crippen molar-refractivity contribution in [2.75, 3.05) is 0 Å². The zero-order valence-corrected chi connectivity index (χ0v) is 6.35. The van der Waals surface area contributed by atoms with Crippen molar-refractivity contribution in [2.24, 2.45) is 0 Å². The molecule has 0 aliphatic heterocycles. The fraction of sp³-hybridized carbons (Fsp3) is 0.714. The van der Waals surface area contributed by atoms with Gasteiger partial charge in [0.25, 0.3) is 0 Å². The third kappa shape index (κ3) is 5.10. The Kier molecular flexibility index (Phi) is 4.30. The van der Waals surface area contributed by atoms with E-state index in [2.05, 4.69) is 5.32 Å². The molecule has 0 unspecified atom stereocenters. The number of nitriles is 1. The monoisotopic (exact) mass is 140 g/mol. The third-order valence-electron chi connectivity index (χ3n) is 0.914. The first kappa shape index (κ1) is 8.96. The fourth-order valence-corrected chi connectivity index (χ4v) is 0.564. The minimum Gasteiger partial charge on any atom is -0.354 e. The van der Waals surface area contributed by atoms with Crippen molar-refractivity contribution in [1.29, 1.82) is 5.26 Å². The summed E-state index contributed by atoms with van der Waals surface area (Å²) in [6, 6.07) is 2.08. The van der Waals surface area contributed by atoms with Crippen LogP contribution in [0.5, 0.6) is 0 Å². The quantitative estimate of drug-likeness (QED) is 0.630. The number of carbonyl (C=O) groups excluding carboxylic acids is 1. The van der Waals surface area contributed by atoms with Gasteiger partial charge in [-0.1, -0.05) is 0 Å². The second-order valence-electron chi connectivity index (χ2n) is 2.38. The minimum atomic E-state index is -0.0449. The molecular weight excluding hydrogens is 128 g/mol. The largest absolute Gasteiger partial charge is 0.354 e. The van der Waals surface area contributed by atoms with Crippen LogP contribution in [0.25, 0.3) is 0 Å². The number of hydrogen-bond donors (Lipinski definition) is 1. The summed E-state index contributed by atoms with van der Waals surface area (Å²) in [6.45, 7) is 3.79. The molecule has 0 aliphatic carbocycles. The Morgan fingerprint density at radius 3 is 2.70 bits per heavy atom. The van der Waals surface area contributed by atoms with Gasteiger partial charge in [0, 0.05) is 18.9 Å². The van der Waals surface area contributed by atoms with Crippen molar-refractivity contribution in [3.8, 4) is 6.07 Å². The molecule has 0 saturated carbocycles. The molecule has 56 valence electrons. The highest BCUT2D eigenvalue weighted by Crippen LogP contribution is 1.87. The molecule has 0 atom stereocenters. The Morgan fingerprint density at radius 1 is 1.70 bits per heavy atom. The predicted octanol–water partition coefficient (Wildman–Crippen LogP) is 0.815. The summed E-state index contributed by atoms with van der Waals surface area (Å²) in [4.78, 5) is 10.8. The molecule has 0 spiro atoms. The predicted molar refractivity (Wildman–Crippen MR) is 38.1 cm³/mol. The number of carbonyl (C=O) groups is 1. The maximum absolute atomic E-state index is 10.8. The molecule has 3 heteroatoms. The average molecular weight is 140 g/mol. The van der Waals surface area contributed by atoms with Gasteiger partial charge < -0.3 is 5.32 Å². The first-order valence-electron chi connectivity index (χ1n) is 3.33. The molecule has 0 fully saturated rings. The number of rotatable bonds is 3. The molecule has 0 radical (unpaired) electrons. The first-order chi connectivity index (χ1) is 4.66. The van der Waals surface area contributed by atoms with Crippen LogP contribution in [0.3, 0.4) is 0 Å². The van der Waals surface area contributed by atoms with Gasteiger partial charge >= 0.3 is 0 Å². The molecule has 0 aromatic heterocycles. The molecule has 0 aliphatic rings. The summed E-state index contributed by atoms with van der Waals surface area (Å²) in [6.07, 6.45) is 0.618. The van der Waals surface area contributed by atoms with Crippen LogP contribution in [0.2, 0.25) is 0 Å². The van der Waals surface area contributed by atoms with Crippen molar-refractivity contribution in [3.05, 3.63) is 0 Å². The summed E-state index contributed by atoms with van der Waals surface area (Å²) >= 11 is 0. The Bertz CT molecular complexity index is 146. The third-order valence-corrected chi connectivity index (χ3v) is 0.914. The number of hydrogen-bond acceptors (Lipinski definition) is 2. The zero-order valence-electron chi connectivity index (χ0n) is 6.35. The van der Waals surface area contributed by atoms with E-state index in [1.165, 1.54) is 0 Å². The Balaban J connectivity index is 3.37. The van der Waals surface area contributed by atoms with Crippen LogP contribution >= 0.6 is 0 Å². The van der Waals surface area contributed by atoms with Crippen LogP contribution in [-0.2, 0) is 4.79 Å². The molecule has 0 bridgehead atoms. The highest BCUT2D eigenvalue weighted by Gasteiger charge is 2.00. The van der Waals surface area contributed by atoms with E-state index in [-0.39, 0.29) is 11.9 Å². The van der Waals surface area contributed by atoms with E-state index in [9.17, 15) is 4.79 Å². The van der Waals surface area contributed by atoms with Gasteiger partial charge in [-0.05, 0) is 13.8 Å². The van der Waals surface area contributed by atoms with E-state index in [0.717, 1.165) is 0 Å². The van der Waals surface area contributed by atoms with Crippen molar-refractivity contribution >= 4 is 5.91 Å². The van der Waals surface area contributed by atoms with E-state index >= 15 is 0 Å². The number of nitrogens with one attached hydrogen (secondary N) is 1. The summed E-state index contributed by atoms with van der Waals surface area (Å²) in [5.41, 5.74) is 0. The topological polar surface area (TPSA) is 52.9 Å². The Labute approximate surface area is 61.0 Å². The molecule has 0 rings (SSSR count). The molecule has 1 N–H and O–H groups in total. The molecule has 0 saturated heterocycles. The van der Waals surface area contributed by atoms with Gasteiger partial charge in [-0.15, -0.1) is 0 Å². The molecule has 1 amide bonds. The average Bonchev–Trinajstić information content (AvgIpc) is 1.82. The summed E-state index contributed by atoms with van der Waals surface area (Å²) in [7, 11) is 0. The van der Waals surface area contributed by atoms with Gasteiger partial charge in [0.2, 0.25) is 5.91 Å². The van der Waals surface area contributed by atoms with Crippen molar-refractivity contribution in [1.82, 2.24) is 5.32 Å². The highest BCUT2D eigenvalue weighted by molar-refractivity contribution is 5.76. The lowest BCUT2D eigenvalue weighted by molar-refractivity contribution is -0.121. The normalized spacial score (nSPS) is 9.00. The SMILES string of the molecule is CC(C)NC(=O)CCC#N. The lowest BCUT2D eigenvalue weighted by Gasteiger charge is -2.05. The van der Waals surface area contributed by atoms with Crippen LogP contribution < -0.4 is 5.32 Å². The van der Waals surface area contributed by atoms with E-state index in [0.29, 0.717) is 12.8 Å². The zero-order chi connectivity index (χ0) is 7.98. The van der Waals surface area contributed by atoms with E-state index < -0.39 is 0 Å². The molecule has 0 heterocycles. The van der Waals surface area contributed by atoms with Crippen molar-refractivity contribution in [3.63, 3.8) is 0 Å². The second kappa shape index (κ2) is 4.80. The molecular formula is C7H12N2O. The summed E-state index contributed by atoms with van der Waals surface area (Å²) < 4.78 is 0. The summed E-state index contributed by atoms with van der Waals surface area (Å²) in [5.74, 6) is -0.0449. The highest BCUT2D eigenvalue weighted by atomic mass is 16.1. The fourth-order valence-electron chi connectivity index (χ4n) is 0.564. The van der Waals surface area contributed by atoms with Crippen LogP contribution in [0, 0.1) is 11.3 Å². The van der Waals surface area contributed by atoms with Gasteiger partial charge in [0.1, 0.15) is 0 Å². The Hall–Kier alpha value is -1.04. The van der Waals surface area contributed by atoms with Crippen LogP contribution in [0.4, 0.5) is 0 Å². The standard InChI is InChI=1S/C7H12N2O/c1-6(2)9-7(10)4-3-5-8/h6H,3-4H2,1-2H3,(H,9,10). The molecule has 10 heavy (non-hydrogen) atoms. The maximum Gasteiger partial charge on any atom is 0.221 e. The van der Waals surface area contributed by atoms with Gasteiger partial charge in [-0.3, -0.25) is 4.79 Å². The molecule has 0 aromatic rings. The molecule has 0 aromatic carbocycles. The van der Waals surface area contributed by atoms with Crippen LogP contribution in [0.15, 0.2) is 0 Å². The molecule has 3 nitrogen and oxygen atoms in total. The van der Waals surface area contributed by atoms with E-state index in [1.54, 1.807) is 0 Å². The lowest BCUT2D eigenvalue weighted by Crippen LogP contribution is -2.29. The maximum atomic E-state index is 10.8. The van der Waals surface area contributed by atoms with Gasteiger partial charge in [0.05, 0.1) is 6.07 Å².